The molecule has 102 valence electrons. The van der Waals surface area contributed by atoms with Crippen LogP contribution in [0.1, 0.15) is 35.1 Å². The molecule has 0 aliphatic carbocycles. The minimum Gasteiger partial charge on any atom is -0.372 e. The van der Waals surface area contributed by atoms with Gasteiger partial charge in [0, 0.05) is 11.5 Å². The highest BCUT2D eigenvalue weighted by molar-refractivity contribution is 7.10. The van der Waals surface area contributed by atoms with Gasteiger partial charge in [0.25, 0.3) is 0 Å². The van der Waals surface area contributed by atoms with E-state index in [-0.39, 0.29) is 12.1 Å². The maximum atomic E-state index is 5.99. The summed E-state index contributed by atoms with van der Waals surface area (Å²) in [7, 11) is 1.99. The molecule has 0 aliphatic rings. The van der Waals surface area contributed by atoms with Crippen molar-refractivity contribution >= 4 is 11.3 Å². The largest absolute Gasteiger partial charge is 0.372 e. The predicted molar refractivity (Wildman–Crippen MR) is 81.7 cm³/mol. The van der Waals surface area contributed by atoms with Gasteiger partial charge >= 0.3 is 0 Å². The Balaban J connectivity index is 2.31. The first-order valence-electron chi connectivity index (χ1n) is 6.65. The van der Waals surface area contributed by atoms with Gasteiger partial charge in [-0.25, -0.2) is 0 Å². The smallest absolute Gasteiger partial charge is 0.102 e. The van der Waals surface area contributed by atoms with Crippen molar-refractivity contribution in [3.63, 3.8) is 0 Å². The molecular formula is C16H21NOS. The van der Waals surface area contributed by atoms with Crippen LogP contribution in [0.2, 0.25) is 0 Å². The molecule has 1 aromatic heterocycles. The van der Waals surface area contributed by atoms with Gasteiger partial charge in [-0.3, -0.25) is 0 Å². The molecule has 1 aromatic carbocycles. The minimum absolute atomic E-state index is 0.0465. The van der Waals surface area contributed by atoms with Gasteiger partial charge in [0.15, 0.2) is 0 Å². The van der Waals surface area contributed by atoms with Crippen molar-refractivity contribution in [2.75, 3.05) is 13.7 Å². The highest BCUT2D eigenvalue weighted by Crippen LogP contribution is 2.33. The number of hydrogen-bond donors (Lipinski definition) is 1. The van der Waals surface area contributed by atoms with Crippen molar-refractivity contribution in [2.24, 2.45) is 0 Å². The fourth-order valence-electron chi connectivity index (χ4n) is 2.33. The van der Waals surface area contributed by atoms with E-state index in [2.05, 4.69) is 48.0 Å². The summed E-state index contributed by atoms with van der Waals surface area (Å²) in [5.74, 6) is 0. The Hall–Kier alpha value is -1.16. The molecule has 0 radical (unpaired) electrons. The van der Waals surface area contributed by atoms with Crippen LogP contribution in [-0.4, -0.2) is 13.7 Å². The number of hydrogen-bond acceptors (Lipinski definition) is 3. The average molecular weight is 275 g/mol. The predicted octanol–water partition coefficient (Wildman–Crippen LogP) is 4.09. The van der Waals surface area contributed by atoms with Crippen molar-refractivity contribution in [1.82, 2.24) is 5.32 Å². The quantitative estimate of drug-likeness (QED) is 0.857. The van der Waals surface area contributed by atoms with E-state index in [1.807, 2.05) is 20.0 Å². The lowest BCUT2D eigenvalue weighted by Gasteiger charge is -2.26. The van der Waals surface area contributed by atoms with E-state index in [1.54, 1.807) is 11.3 Å². The van der Waals surface area contributed by atoms with Crippen LogP contribution in [-0.2, 0) is 4.74 Å². The number of nitrogens with one attached hydrogen (secondary N) is 1. The summed E-state index contributed by atoms with van der Waals surface area (Å²) in [6, 6.07) is 12.8. The monoisotopic (exact) mass is 275 g/mol. The van der Waals surface area contributed by atoms with Crippen LogP contribution in [0, 0.1) is 6.92 Å². The molecule has 0 bridgehead atoms. The van der Waals surface area contributed by atoms with E-state index in [4.69, 9.17) is 4.74 Å². The van der Waals surface area contributed by atoms with Crippen LogP contribution in [0.15, 0.2) is 41.8 Å². The van der Waals surface area contributed by atoms with E-state index in [0.29, 0.717) is 6.61 Å². The van der Waals surface area contributed by atoms with Crippen LogP contribution in [0.25, 0.3) is 0 Å². The Morgan fingerprint density at radius 3 is 2.47 bits per heavy atom. The zero-order valence-corrected chi connectivity index (χ0v) is 12.5. The second-order valence-corrected chi connectivity index (χ2v) is 5.66. The lowest BCUT2D eigenvalue weighted by atomic mass is 9.97. The molecule has 1 N–H and O–H groups in total. The number of rotatable bonds is 6. The Kier molecular flexibility index (Phi) is 5.14. The number of ether oxygens (including phenoxy) is 1. The average Bonchev–Trinajstić information content (AvgIpc) is 2.86. The summed E-state index contributed by atoms with van der Waals surface area (Å²) in [4.78, 5) is 1.33. The Morgan fingerprint density at radius 2 is 1.95 bits per heavy atom. The SMILES string of the molecule is CCOC(c1ccccc1)C(NC)c1csc(C)c1. The zero-order chi connectivity index (χ0) is 13.7. The summed E-state index contributed by atoms with van der Waals surface area (Å²) in [6.07, 6.45) is 0.0465. The van der Waals surface area contributed by atoms with E-state index in [1.165, 1.54) is 16.0 Å². The van der Waals surface area contributed by atoms with E-state index in [0.717, 1.165) is 0 Å². The zero-order valence-electron chi connectivity index (χ0n) is 11.7. The molecule has 0 saturated carbocycles. The van der Waals surface area contributed by atoms with Gasteiger partial charge in [-0.2, -0.15) is 0 Å². The van der Waals surface area contributed by atoms with E-state index < -0.39 is 0 Å². The first kappa shape index (κ1) is 14.3. The Morgan fingerprint density at radius 1 is 1.21 bits per heavy atom. The third kappa shape index (κ3) is 3.44. The van der Waals surface area contributed by atoms with Crippen LogP contribution in [0.5, 0.6) is 0 Å². The van der Waals surface area contributed by atoms with E-state index >= 15 is 0 Å². The van der Waals surface area contributed by atoms with Gasteiger partial charge in [-0.15, -0.1) is 11.3 Å². The standard InChI is InChI=1S/C16H21NOS/c1-4-18-16(13-8-6-5-7-9-13)15(17-3)14-10-12(2)19-11-14/h5-11,15-17H,4H2,1-3H3. The maximum absolute atomic E-state index is 5.99. The van der Waals surface area contributed by atoms with Crippen LogP contribution >= 0.6 is 11.3 Å². The van der Waals surface area contributed by atoms with Crippen molar-refractivity contribution in [2.45, 2.75) is 26.0 Å². The normalized spacial score (nSPS) is 14.3. The van der Waals surface area contributed by atoms with Crippen molar-refractivity contribution in [3.8, 4) is 0 Å². The molecule has 0 fully saturated rings. The van der Waals surface area contributed by atoms with Crippen molar-refractivity contribution < 1.29 is 4.74 Å². The third-order valence-electron chi connectivity index (χ3n) is 3.20. The molecule has 0 aliphatic heterocycles. The highest BCUT2D eigenvalue weighted by atomic mass is 32.1. The second kappa shape index (κ2) is 6.85. The summed E-state index contributed by atoms with van der Waals surface area (Å²) in [5.41, 5.74) is 2.51. The van der Waals surface area contributed by atoms with Gasteiger partial charge in [-0.1, -0.05) is 30.3 Å². The van der Waals surface area contributed by atoms with Gasteiger partial charge in [0.1, 0.15) is 6.10 Å². The molecule has 0 amide bonds. The topological polar surface area (TPSA) is 21.3 Å². The molecule has 2 atom stereocenters. The molecule has 0 spiro atoms. The fraction of sp³-hybridized carbons (Fsp3) is 0.375. The van der Waals surface area contributed by atoms with Gasteiger partial charge in [0.05, 0.1) is 6.04 Å². The van der Waals surface area contributed by atoms with Crippen molar-refractivity contribution in [1.29, 1.82) is 0 Å². The molecule has 2 rings (SSSR count). The Bertz CT molecular complexity index is 494. The molecule has 0 saturated heterocycles. The van der Waals surface area contributed by atoms with Crippen LogP contribution in [0.4, 0.5) is 0 Å². The fourth-order valence-corrected chi connectivity index (χ4v) is 3.07. The molecule has 3 heteroatoms. The van der Waals surface area contributed by atoms with Crippen LogP contribution in [0.3, 0.4) is 0 Å². The lowest BCUT2D eigenvalue weighted by molar-refractivity contribution is 0.0348. The molecule has 19 heavy (non-hydrogen) atoms. The van der Waals surface area contributed by atoms with Gasteiger partial charge < -0.3 is 10.1 Å². The first-order chi connectivity index (χ1) is 9.26. The number of likely N-dealkylation sites (N-methyl/N-ethyl adjacent to an activating group) is 1. The second-order valence-electron chi connectivity index (χ2n) is 4.54. The summed E-state index contributed by atoms with van der Waals surface area (Å²) in [5, 5.41) is 5.61. The van der Waals surface area contributed by atoms with Crippen LogP contribution < -0.4 is 5.32 Å². The number of thiophene rings is 1. The molecule has 2 unspecified atom stereocenters. The maximum Gasteiger partial charge on any atom is 0.102 e. The highest BCUT2D eigenvalue weighted by Gasteiger charge is 2.24. The van der Waals surface area contributed by atoms with E-state index in [9.17, 15) is 0 Å². The molecule has 1 heterocycles. The number of aryl methyl sites for hydroxylation is 1. The number of benzene rings is 1. The molecule has 2 aromatic rings. The van der Waals surface area contributed by atoms with Crippen molar-refractivity contribution in [3.05, 3.63) is 57.8 Å². The summed E-state index contributed by atoms with van der Waals surface area (Å²) < 4.78 is 5.99. The summed E-state index contributed by atoms with van der Waals surface area (Å²) >= 11 is 1.78. The minimum atomic E-state index is 0.0465. The third-order valence-corrected chi connectivity index (χ3v) is 4.08. The Labute approximate surface area is 119 Å². The molecular weight excluding hydrogens is 254 g/mol. The van der Waals surface area contributed by atoms with Gasteiger partial charge in [-0.05, 0) is 43.5 Å². The van der Waals surface area contributed by atoms with Gasteiger partial charge in [0.2, 0.25) is 0 Å². The summed E-state index contributed by atoms with van der Waals surface area (Å²) in [6.45, 7) is 4.89. The first-order valence-corrected chi connectivity index (χ1v) is 7.53. The molecule has 2 nitrogen and oxygen atoms in total. The lowest BCUT2D eigenvalue weighted by Crippen LogP contribution is -2.25.